The molecule has 0 bridgehead atoms. The first-order valence-electron chi connectivity index (χ1n) is 5.45. The van der Waals surface area contributed by atoms with Crippen LogP contribution in [0.5, 0.6) is 0 Å². The van der Waals surface area contributed by atoms with E-state index in [2.05, 4.69) is 26.2 Å². The molecule has 0 saturated heterocycles. The minimum Gasteiger partial charge on any atom is -0.322 e. The molecule has 0 aliphatic heterocycles. The van der Waals surface area contributed by atoms with E-state index in [0.29, 0.717) is 0 Å². The van der Waals surface area contributed by atoms with Crippen LogP contribution in [0, 0.1) is 15.9 Å². The fourth-order valence-electron chi connectivity index (χ4n) is 1.56. The Morgan fingerprint density at radius 1 is 1.43 bits per heavy atom. The van der Waals surface area contributed by atoms with Crippen LogP contribution >= 0.6 is 27.5 Å². The third kappa shape index (κ3) is 3.34. The Morgan fingerprint density at radius 2 is 2.14 bits per heavy atom. The largest absolute Gasteiger partial charge is 0.322 e. The number of anilines is 1. The molecule has 0 fully saturated rings. The van der Waals surface area contributed by atoms with E-state index in [9.17, 15) is 19.3 Å². The number of hydrogen-bond donors (Lipinski definition) is 1. The Labute approximate surface area is 131 Å². The molecule has 0 atom stereocenters. The fourth-order valence-corrected chi connectivity index (χ4v) is 2.16. The number of nitrogens with one attached hydrogen (secondary N) is 1. The molecule has 1 heterocycles. The molecule has 0 saturated carbocycles. The van der Waals surface area contributed by atoms with Crippen molar-refractivity contribution >= 4 is 44.8 Å². The number of halogens is 3. The minimum atomic E-state index is -0.787. The molecule has 0 aliphatic rings. The maximum Gasteiger partial charge on any atom is 0.319 e. The molecule has 2 rings (SSSR count). The first-order valence-corrected chi connectivity index (χ1v) is 6.62. The first-order chi connectivity index (χ1) is 9.90. The quantitative estimate of drug-likeness (QED) is 0.503. The highest BCUT2D eigenvalue weighted by Crippen LogP contribution is 2.27. The molecule has 108 valence electrons. The molecule has 21 heavy (non-hydrogen) atoms. The van der Waals surface area contributed by atoms with Crippen molar-refractivity contribution in [3.05, 3.63) is 61.6 Å². The molecule has 0 aliphatic carbocycles. The average molecular weight is 375 g/mol. The van der Waals surface area contributed by atoms with Crippen molar-refractivity contribution in [2.45, 2.75) is 0 Å². The summed E-state index contributed by atoms with van der Waals surface area (Å²) in [6.07, 6.45) is 1.19. The number of nitrogens with zero attached hydrogens (tertiary/aromatic N) is 2. The number of rotatable bonds is 3. The van der Waals surface area contributed by atoms with Gasteiger partial charge in [-0.25, -0.2) is 9.37 Å². The van der Waals surface area contributed by atoms with E-state index in [1.54, 1.807) is 0 Å². The van der Waals surface area contributed by atoms with Crippen LogP contribution in [0.2, 0.25) is 5.15 Å². The molecular weight excluding hydrogens is 369 g/mol. The smallest absolute Gasteiger partial charge is 0.319 e. The van der Waals surface area contributed by atoms with Gasteiger partial charge in [-0.15, -0.1) is 0 Å². The summed E-state index contributed by atoms with van der Waals surface area (Å²) in [4.78, 5) is 25.8. The van der Waals surface area contributed by atoms with Crippen LogP contribution in [0.25, 0.3) is 0 Å². The summed E-state index contributed by atoms with van der Waals surface area (Å²) >= 11 is 8.60. The Bertz CT molecular complexity index is 742. The van der Waals surface area contributed by atoms with Crippen LogP contribution in [-0.2, 0) is 0 Å². The third-order valence-electron chi connectivity index (χ3n) is 2.48. The molecular formula is C12H6BrClFN3O3. The van der Waals surface area contributed by atoms with Crippen LogP contribution in [0.1, 0.15) is 10.4 Å². The lowest BCUT2D eigenvalue weighted by atomic mass is 10.2. The Balaban J connectivity index is 2.35. The second-order valence-electron chi connectivity index (χ2n) is 3.84. The topological polar surface area (TPSA) is 85.1 Å². The third-order valence-corrected chi connectivity index (χ3v) is 3.37. The van der Waals surface area contributed by atoms with Gasteiger partial charge in [0.1, 0.15) is 11.4 Å². The standard InChI is InChI=1S/C12H6BrClFN3O3/c13-8-5-6(1-2-9(8)15)17-12(19)7-3-4-16-11(14)10(7)18(20)21/h1-5H,(H,17,19). The molecule has 1 aromatic heterocycles. The van der Waals surface area contributed by atoms with Crippen molar-refractivity contribution < 1.29 is 14.1 Å². The van der Waals surface area contributed by atoms with Gasteiger partial charge in [-0.2, -0.15) is 0 Å². The predicted octanol–water partition coefficient (Wildman–Crippen LogP) is 3.80. The summed E-state index contributed by atoms with van der Waals surface area (Å²) in [6.45, 7) is 0. The lowest BCUT2D eigenvalue weighted by Crippen LogP contribution is -2.14. The van der Waals surface area contributed by atoms with Crippen LogP contribution < -0.4 is 5.32 Å². The van der Waals surface area contributed by atoms with Crippen LogP contribution in [0.3, 0.4) is 0 Å². The molecule has 2 aromatic rings. The van der Waals surface area contributed by atoms with Crippen LogP contribution in [0.4, 0.5) is 15.8 Å². The molecule has 0 spiro atoms. The van der Waals surface area contributed by atoms with E-state index in [0.717, 1.165) is 6.07 Å². The van der Waals surface area contributed by atoms with Crippen molar-refractivity contribution in [1.82, 2.24) is 4.98 Å². The molecule has 0 radical (unpaired) electrons. The van der Waals surface area contributed by atoms with E-state index in [1.165, 1.54) is 24.4 Å². The van der Waals surface area contributed by atoms with Gasteiger partial charge >= 0.3 is 5.69 Å². The van der Waals surface area contributed by atoms with Crippen LogP contribution in [-0.4, -0.2) is 15.8 Å². The Kier molecular flexibility index (Phi) is 4.49. The Morgan fingerprint density at radius 3 is 2.76 bits per heavy atom. The lowest BCUT2D eigenvalue weighted by Gasteiger charge is -2.07. The Hall–Kier alpha value is -2.06. The fraction of sp³-hybridized carbons (Fsp3) is 0. The zero-order chi connectivity index (χ0) is 15.6. The van der Waals surface area contributed by atoms with E-state index >= 15 is 0 Å². The van der Waals surface area contributed by atoms with Crippen molar-refractivity contribution in [3.8, 4) is 0 Å². The lowest BCUT2D eigenvalue weighted by molar-refractivity contribution is -0.385. The van der Waals surface area contributed by atoms with Gasteiger partial charge in [0.05, 0.1) is 9.40 Å². The van der Waals surface area contributed by atoms with Crippen molar-refractivity contribution in [3.63, 3.8) is 0 Å². The van der Waals surface area contributed by atoms with Gasteiger partial charge in [0, 0.05) is 11.9 Å². The van der Waals surface area contributed by atoms with Crippen molar-refractivity contribution in [2.24, 2.45) is 0 Å². The van der Waals surface area contributed by atoms with E-state index in [-0.39, 0.29) is 20.9 Å². The summed E-state index contributed by atoms with van der Waals surface area (Å²) < 4.78 is 13.3. The molecule has 0 unspecified atom stereocenters. The first kappa shape index (κ1) is 15.3. The molecule has 6 nitrogen and oxygen atoms in total. The number of amides is 1. The number of benzene rings is 1. The zero-order valence-corrected chi connectivity index (χ0v) is 12.5. The minimum absolute atomic E-state index is 0.155. The highest BCUT2D eigenvalue weighted by atomic mass is 79.9. The summed E-state index contributed by atoms with van der Waals surface area (Å²) in [5.41, 5.74) is -0.547. The zero-order valence-electron chi connectivity index (χ0n) is 10.1. The summed E-state index contributed by atoms with van der Waals surface area (Å²) in [6, 6.07) is 4.99. The van der Waals surface area contributed by atoms with Crippen molar-refractivity contribution in [2.75, 3.05) is 5.32 Å². The highest BCUT2D eigenvalue weighted by Gasteiger charge is 2.24. The molecule has 9 heteroatoms. The molecule has 1 amide bonds. The van der Waals surface area contributed by atoms with Gasteiger partial charge in [0.15, 0.2) is 0 Å². The monoisotopic (exact) mass is 373 g/mol. The van der Waals surface area contributed by atoms with Gasteiger partial charge in [0.2, 0.25) is 5.15 Å². The molecule has 1 aromatic carbocycles. The number of carbonyl (C=O) groups excluding carboxylic acids is 1. The maximum atomic E-state index is 13.1. The number of carbonyl (C=O) groups is 1. The number of pyridine rings is 1. The van der Waals surface area contributed by atoms with Gasteiger partial charge in [-0.3, -0.25) is 14.9 Å². The highest BCUT2D eigenvalue weighted by molar-refractivity contribution is 9.10. The SMILES string of the molecule is O=C(Nc1ccc(F)c(Br)c1)c1ccnc(Cl)c1[N+](=O)[O-]. The summed E-state index contributed by atoms with van der Waals surface area (Å²) in [5.74, 6) is -1.24. The predicted molar refractivity (Wildman–Crippen MR) is 78.0 cm³/mol. The van der Waals surface area contributed by atoms with E-state index in [1.807, 2.05) is 0 Å². The van der Waals surface area contributed by atoms with Gasteiger partial charge in [0.25, 0.3) is 5.91 Å². The second kappa shape index (κ2) is 6.15. The van der Waals surface area contributed by atoms with Crippen molar-refractivity contribution in [1.29, 1.82) is 0 Å². The normalized spacial score (nSPS) is 10.2. The second-order valence-corrected chi connectivity index (χ2v) is 5.05. The van der Waals surface area contributed by atoms with Gasteiger partial charge in [-0.1, -0.05) is 11.6 Å². The van der Waals surface area contributed by atoms with Crippen LogP contribution in [0.15, 0.2) is 34.9 Å². The van der Waals surface area contributed by atoms with E-state index in [4.69, 9.17) is 11.6 Å². The summed E-state index contributed by atoms with van der Waals surface area (Å²) in [5, 5.41) is 13.0. The summed E-state index contributed by atoms with van der Waals surface area (Å²) in [7, 11) is 0. The number of aromatic nitrogens is 1. The van der Waals surface area contributed by atoms with Gasteiger partial charge < -0.3 is 5.32 Å². The molecule has 1 N–H and O–H groups in total. The maximum absolute atomic E-state index is 13.1. The number of nitro groups is 1. The van der Waals surface area contributed by atoms with Gasteiger partial charge in [-0.05, 0) is 40.2 Å². The van der Waals surface area contributed by atoms with E-state index < -0.39 is 22.3 Å². The average Bonchev–Trinajstić information content (AvgIpc) is 2.42. The number of hydrogen-bond acceptors (Lipinski definition) is 4.